The van der Waals surface area contributed by atoms with Gasteiger partial charge in [-0.05, 0) is 55.3 Å². The van der Waals surface area contributed by atoms with Gasteiger partial charge >= 0.3 is 0 Å². The molecule has 2 aromatic rings. The Morgan fingerprint density at radius 1 is 1.03 bits per heavy atom. The standard InChI is InChI=1S/C21H26ClN3O3S/c1-16-6-7-18(14-17(16)2)21(26)23-8-13-29(27,28)25-11-9-24(10-12-25)20-5-3-4-19(22)15-20/h3-7,14-15H,8-13H2,1-2H3,(H,23,26). The highest BCUT2D eigenvalue weighted by Gasteiger charge is 2.27. The molecule has 1 N–H and O–H groups in total. The third-order valence-electron chi connectivity index (χ3n) is 5.22. The molecule has 0 aromatic heterocycles. The first-order chi connectivity index (χ1) is 13.8. The second-order valence-electron chi connectivity index (χ2n) is 7.24. The van der Waals surface area contributed by atoms with Crippen LogP contribution in [0, 0.1) is 13.8 Å². The molecule has 0 spiro atoms. The van der Waals surface area contributed by atoms with Crippen LogP contribution in [0.1, 0.15) is 21.5 Å². The normalized spacial score (nSPS) is 15.3. The van der Waals surface area contributed by atoms with E-state index in [1.54, 1.807) is 6.07 Å². The minimum Gasteiger partial charge on any atom is -0.369 e. The second-order valence-corrected chi connectivity index (χ2v) is 9.76. The average Bonchev–Trinajstić information content (AvgIpc) is 2.70. The summed E-state index contributed by atoms with van der Waals surface area (Å²) >= 11 is 6.04. The molecule has 156 valence electrons. The molecular weight excluding hydrogens is 410 g/mol. The van der Waals surface area contributed by atoms with Crippen LogP contribution in [0.5, 0.6) is 0 Å². The number of carbonyl (C=O) groups excluding carboxylic acids is 1. The first-order valence-electron chi connectivity index (χ1n) is 9.60. The molecular formula is C21H26ClN3O3S. The zero-order valence-corrected chi connectivity index (χ0v) is 18.3. The van der Waals surface area contributed by atoms with Gasteiger partial charge in [0.1, 0.15) is 0 Å². The number of hydrogen-bond donors (Lipinski definition) is 1. The van der Waals surface area contributed by atoms with Crippen LogP contribution < -0.4 is 10.2 Å². The van der Waals surface area contributed by atoms with E-state index in [0.717, 1.165) is 16.8 Å². The molecule has 3 rings (SSSR count). The van der Waals surface area contributed by atoms with Crippen LogP contribution in [-0.2, 0) is 10.0 Å². The predicted octanol–water partition coefficient (Wildman–Crippen LogP) is 2.84. The van der Waals surface area contributed by atoms with Crippen molar-refractivity contribution in [2.24, 2.45) is 0 Å². The van der Waals surface area contributed by atoms with Crippen LogP contribution in [0.2, 0.25) is 5.02 Å². The number of benzene rings is 2. The molecule has 0 bridgehead atoms. The Morgan fingerprint density at radius 3 is 2.41 bits per heavy atom. The highest BCUT2D eigenvalue weighted by molar-refractivity contribution is 7.89. The molecule has 29 heavy (non-hydrogen) atoms. The molecule has 1 heterocycles. The second kappa shape index (κ2) is 9.15. The van der Waals surface area contributed by atoms with Crippen molar-refractivity contribution in [2.45, 2.75) is 13.8 Å². The fourth-order valence-corrected chi connectivity index (χ4v) is 4.83. The Bertz CT molecular complexity index is 986. The zero-order valence-electron chi connectivity index (χ0n) is 16.7. The van der Waals surface area contributed by atoms with Crippen molar-refractivity contribution in [1.82, 2.24) is 9.62 Å². The number of sulfonamides is 1. The van der Waals surface area contributed by atoms with Gasteiger partial charge in [0.2, 0.25) is 10.0 Å². The summed E-state index contributed by atoms with van der Waals surface area (Å²) in [5.41, 5.74) is 3.68. The highest BCUT2D eigenvalue weighted by atomic mass is 35.5. The van der Waals surface area contributed by atoms with Crippen molar-refractivity contribution in [3.8, 4) is 0 Å². The van der Waals surface area contributed by atoms with Gasteiger partial charge in [-0.25, -0.2) is 8.42 Å². The van der Waals surface area contributed by atoms with E-state index in [1.165, 1.54) is 4.31 Å². The van der Waals surface area contributed by atoms with Crippen LogP contribution in [-0.4, -0.2) is 57.1 Å². The highest BCUT2D eigenvalue weighted by Crippen LogP contribution is 2.21. The maximum absolute atomic E-state index is 12.6. The number of amides is 1. The van der Waals surface area contributed by atoms with E-state index in [0.29, 0.717) is 36.8 Å². The molecule has 0 aliphatic carbocycles. The summed E-state index contributed by atoms with van der Waals surface area (Å²) in [4.78, 5) is 14.4. The SMILES string of the molecule is Cc1ccc(C(=O)NCCS(=O)(=O)N2CCN(c3cccc(Cl)c3)CC2)cc1C. The smallest absolute Gasteiger partial charge is 0.251 e. The number of hydrogen-bond acceptors (Lipinski definition) is 4. The van der Waals surface area contributed by atoms with Crippen LogP contribution in [0.15, 0.2) is 42.5 Å². The molecule has 0 atom stereocenters. The Morgan fingerprint density at radius 2 is 1.76 bits per heavy atom. The maximum Gasteiger partial charge on any atom is 0.251 e. The van der Waals surface area contributed by atoms with Gasteiger partial charge in [-0.1, -0.05) is 23.7 Å². The van der Waals surface area contributed by atoms with Gasteiger partial charge in [-0.2, -0.15) is 4.31 Å². The number of rotatable bonds is 6. The molecule has 1 amide bonds. The van der Waals surface area contributed by atoms with Gasteiger partial charge in [0.05, 0.1) is 5.75 Å². The van der Waals surface area contributed by atoms with E-state index in [1.807, 2.05) is 50.2 Å². The van der Waals surface area contributed by atoms with Gasteiger partial charge in [0, 0.05) is 49.0 Å². The molecule has 1 saturated heterocycles. The molecule has 1 aliphatic rings. The number of aryl methyl sites for hydroxylation is 2. The first kappa shape index (κ1) is 21.6. The van der Waals surface area contributed by atoms with E-state index in [-0.39, 0.29) is 18.2 Å². The summed E-state index contributed by atoms with van der Waals surface area (Å²) in [6, 6.07) is 13.0. The van der Waals surface area contributed by atoms with E-state index in [4.69, 9.17) is 11.6 Å². The van der Waals surface area contributed by atoms with Crippen LogP contribution in [0.25, 0.3) is 0 Å². The Labute approximate surface area is 177 Å². The number of halogens is 1. The number of nitrogens with one attached hydrogen (secondary N) is 1. The minimum atomic E-state index is -3.42. The van der Waals surface area contributed by atoms with E-state index in [2.05, 4.69) is 10.2 Å². The molecule has 0 radical (unpaired) electrons. The molecule has 8 heteroatoms. The summed E-state index contributed by atoms with van der Waals surface area (Å²) < 4.78 is 26.8. The summed E-state index contributed by atoms with van der Waals surface area (Å²) in [5.74, 6) is -0.366. The van der Waals surface area contributed by atoms with Gasteiger partial charge < -0.3 is 10.2 Å². The van der Waals surface area contributed by atoms with Crippen molar-refractivity contribution in [3.63, 3.8) is 0 Å². The summed E-state index contributed by atoms with van der Waals surface area (Å²) in [6.45, 7) is 6.06. The topological polar surface area (TPSA) is 69.7 Å². The quantitative estimate of drug-likeness (QED) is 0.757. The van der Waals surface area contributed by atoms with E-state index >= 15 is 0 Å². The first-order valence-corrected chi connectivity index (χ1v) is 11.6. The predicted molar refractivity (Wildman–Crippen MR) is 117 cm³/mol. The average molecular weight is 436 g/mol. The molecule has 0 unspecified atom stereocenters. The molecule has 1 aliphatic heterocycles. The molecule has 0 saturated carbocycles. The third kappa shape index (κ3) is 5.50. The lowest BCUT2D eigenvalue weighted by Crippen LogP contribution is -2.50. The van der Waals surface area contributed by atoms with Crippen molar-refractivity contribution >= 4 is 33.2 Å². The number of nitrogens with zero attached hydrogens (tertiary/aromatic N) is 2. The van der Waals surface area contributed by atoms with Crippen molar-refractivity contribution in [2.75, 3.05) is 43.4 Å². The van der Waals surface area contributed by atoms with E-state index < -0.39 is 10.0 Å². The van der Waals surface area contributed by atoms with Gasteiger partial charge in [-0.3, -0.25) is 4.79 Å². The fraction of sp³-hybridized carbons (Fsp3) is 0.381. The third-order valence-corrected chi connectivity index (χ3v) is 7.33. The summed E-state index contributed by atoms with van der Waals surface area (Å²) in [6.07, 6.45) is 0. The van der Waals surface area contributed by atoms with Gasteiger partial charge in [0.25, 0.3) is 5.91 Å². The van der Waals surface area contributed by atoms with Crippen molar-refractivity contribution < 1.29 is 13.2 Å². The number of carbonyl (C=O) groups is 1. The summed E-state index contributed by atoms with van der Waals surface area (Å²) in [5, 5.41) is 3.38. The van der Waals surface area contributed by atoms with Crippen LogP contribution in [0.3, 0.4) is 0 Å². The lowest BCUT2D eigenvalue weighted by Gasteiger charge is -2.35. The molecule has 2 aromatic carbocycles. The minimum absolute atomic E-state index is 0.0859. The van der Waals surface area contributed by atoms with Crippen molar-refractivity contribution in [1.29, 1.82) is 0 Å². The fourth-order valence-electron chi connectivity index (χ4n) is 3.30. The lowest BCUT2D eigenvalue weighted by molar-refractivity contribution is 0.0956. The number of piperazine rings is 1. The lowest BCUT2D eigenvalue weighted by atomic mass is 10.1. The van der Waals surface area contributed by atoms with Crippen LogP contribution in [0.4, 0.5) is 5.69 Å². The van der Waals surface area contributed by atoms with Crippen LogP contribution >= 0.6 is 11.6 Å². The molecule has 6 nitrogen and oxygen atoms in total. The Kier molecular flexibility index (Phi) is 6.82. The summed E-state index contributed by atoms with van der Waals surface area (Å²) in [7, 11) is -3.42. The maximum atomic E-state index is 12.6. The largest absolute Gasteiger partial charge is 0.369 e. The van der Waals surface area contributed by atoms with E-state index in [9.17, 15) is 13.2 Å². The Balaban J connectivity index is 1.50. The zero-order chi connectivity index (χ0) is 21.0. The monoisotopic (exact) mass is 435 g/mol. The Hall–Kier alpha value is -2.09. The number of anilines is 1. The van der Waals surface area contributed by atoms with Crippen molar-refractivity contribution in [3.05, 3.63) is 64.2 Å². The molecule has 1 fully saturated rings. The van der Waals surface area contributed by atoms with Gasteiger partial charge in [-0.15, -0.1) is 0 Å². The van der Waals surface area contributed by atoms with Gasteiger partial charge in [0.15, 0.2) is 0 Å².